The van der Waals surface area contributed by atoms with Gasteiger partial charge in [0.05, 0.1) is 0 Å². The normalized spacial score (nSPS) is 1.60. The Labute approximate surface area is 156 Å². The van der Waals surface area contributed by atoms with Gasteiger partial charge in [-0.15, -0.1) is 0 Å². The second kappa shape index (κ2) is 8120. The third-order valence-electron chi connectivity index (χ3n) is 0. The zero-order valence-electron chi connectivity index (χ0n) is 10.3. The number of halogens is 2. The first kappa shape index (κ1) is 123. The molecule has 0 spiro atoms. The molecule has 0 aliphatic carbocycles. The summed E-state index contributed by atoms with van der Waals surface area (Å²) in [6, 6.07) is 0. The molecule has 128 valence electrons. The van der Waals surface area contributed by atoms with Gasteiger partial charge >= 0.3 is 39.0 Å². The van der Waals surface area contributed by atoms with Gasteiger partial charge in [-0.25, -0.2) is 0 Å². The molecule has 0 unspecified atom stereocenters. The van der Waals surface area contributed by atoms with Crippen molar-refractivity contribution in [3.8, 4) is 0 Å². The minimum Gasteiger partial charge on any atom is -1.00 e. The molecule has 20 heavy (non-hydrogen) atoms. The number of carbonyl (C=O) groups is 8. The van der Waals surface area contributed by atoms with Gasteiger partial charge in [-0.2, -0.15) is 0 Å². The van der Waals surface area contributed by atoms with Crippen molar-refractivity contribution in [2.75, 3.05) is 0 Å². The molecule has 0 aromatic rings. The van der Waals surface area contributed by atoms with Gasteiger partial charge < -0.3 is 63.2 Å². The predicted molar refractivity (Wildman–Crippen MR) is 57.0 cm³/mol. The number of carbonyl (C=O) groups excluding carboxylic acids is 8. The fourth-order valence-corrected chi connectivity index (χ4v) is 0. The van der Waals surface area contributed by atoms with Gasteiger partial charge in [0.1, 0.15) is 54.3 Å². The summed E-state index contributed by atoms with van der Waals surface area (Å²) >= 11 is 0. The molecule has 0 aliphatic heterocycles. The van der Waals surface area contributed by atoms with Gasteiger partial charge in [0, 0.05) is 0 Å². The molecule has 0 fully saturated rings. The maximum absolute atomic E-state index is 8.00. The van der Waals surface area contributed by atoms with Crippen molar-refractivity contribution in [3.05, 3.63) is 0 Å². The molecular formula is C8H16Cl2O8Rh2. The molecule has 0 aromatic heterocycles. The third-order valence-corrected chi connectivity index (χ3v) is 0. The Morgan fingerprint density at radius 2 is 0.250 bits per heavy atom. The van der Waals surface area contributed by atoms with E-state index in [-0.39, 0.29) is 63.8 Å². The minimum atomic E-state index is 0. The van der Waals surface area contributed by atoms with E-state index >= 15 is 0 Å². The van der Waals surface area contributed by atoms with E-state index in [4.69, 9.17) is 38.4 Å². The van der Waals surface area contributed by atoms with Crippen LogP contribution in [0.25, 0.3) is 0 Å². The van der Waals surface area contributed by atoms with Crippen LogP contribution in [0, 0.1) is 0 Å². The molecule has 0 radical (unpaired) electrons. The van der Waals surface area contributed by atoms with Crippen molar-refractivity contribution >= 4 is 54.3 Å². The van der Waals surface area contributed by atoms with Crippen molar-refractivity contribution in [2.24, 2.45) is 0 Å². The molecule has 0 aromatic carbocycles. The van der Waals surface area contributed by atoms with E-state index in [1.807, 2.05) is 54.3 Å². The van der Waals surface area contributed by atoms with Gasteiger partial charge in [-0.3, -0.25) is 0 Å². The molecule has 0 saturated heterocycles. The maximum atomic E-state index is 8.00. The molecule has 12 heteroatoms. The number of hydrogen-bond donors (Lipinski definition) is 0. The van der Waals surface area contributed by atoms with Crippen molar-refractivity contribution < 1.29 is 102 Å². The van der Waals surface area contributed by atoms with Crippen LogP contribution in [0.15, 0.2) is 0 Å². The van der Waals surface area contributed by atoms with Gasteiger partial charge in [-0.1, -0.05) is 0 Å². The van der Waals surface area contributed by atoms with E-state index in [1.165, 1.54) is 0 Å². The van der Waals surface area contributed by atoms with Crippen LogP contribution in [0.4, 0.5) is 0 Å². The Bertz CT molecular complexity index is 58.4. The van der Waals surface area contributed by atoms with Crippen LogP contribution in [-0.4, -0.2) is 54.3 Å². The van der Waals surface area contributed by atoms with E-state index < -0.39 is 0 Å². The van der Waals surface area contributed by atoms with E-state index in [1.54, 1.807) is 0 Å². The van der Waals surface area contributed by atoms with Gasteiger partial charge in [-0.05, 0) is 0 Å². The van der Waals surface area contributed by atoms with Crippen molar-refractivity contribution in [1.29, 1.82) is 0 Å². The van der Waals surface area contributed by atoms with Crippen LogP contribution in [0.1, 0.15) is 0 Å². The molecule has 0 rings (SSSR count). The Balaban J connectivity index is -0.00000000356. The number of hydrogen-bond acceptors (Lipinski definition) is 8. The standard InChI is InChI=1S/8CH2O.2ClH.2Rh/c8*1-2;;;;/h8*1H2;2*1H;;/q;;;;;;;;;;2*+1/p-2. The van der Waals surface area contributed by atoms with Gasteiger partial charge in [0.15, 0.2) is 0 Å². The Morgan fingerprint density at radius 1 is 0.250 bits per heavy atom. The third kappa shape index (κ3) is 6810. The summed E-state index contributed by atoms with van der Waals surface area (Å²) in [4.78, 5) is 64.0. The molecule has 0 bridgehead atoms. The molecule has 8 nitrogen and oxygen atoms in total. The Kier molecular flexibility index (Phi) is 49900. The quantitative estimate of drug-likeness (QED) is 0.290. The van der Waals surface area contributed by atoms with Crippen LogP contribution >= 0.6 is 0 Å². The van der Waals surface area contributed by atoms with Crippen molar-refractivity contribution in [1.82, 2.24) is 0 Å². The second-order valence-electron chi connectivity index (χ2n) is 0. The van der Waals surface area contributed by atoms with Crippen LogP contribution in [0.2, 0.25) is 0 Å². The van der Waals surface area contributed by atoms with E-state index in [2.05, 4.69) is 0 Å². The van der Waals surface area contributed by atoms with Gasteiger partial charge in [0.2, 0.25) is 0 Å². The molecule has 0 saturated carbocycles. The summed E-state index contributed by atoms with van der Waals surface area (Å²) in [5.41, 5.74) is 0. The first-order valence-corrected chi connectivity index (χ1v) is 2.31. The monoisotopic (exact) mass is 516 g/mol. The average molecular weight is 517 g/mol. The molecule has 0 N–H and O–H groups in total. The van der Waals surface area contributed by atoms with E-state index in [0.29, 0.717) is 0 Å². The fourth-order valence-electron chi connectivity index (χ4n) is 0. The number of rotatable bonds is 0. The first-order valence-electron chi connectivity index (χ1n) is 2.31. The largest absolute Gasteiger partial charge is 1.00 e. The summed E-state index contributed by atoms with van der Waals surface area (Å²) in [6.07, 6.45) is 0. The minimum absolute atomic E-state index is 0. The second-order valence-corrected chi connectivity index (χ2v) is 0. The summed E-state index contributed by atoms with van der Waals surface area (Å²) in [5, 5.41) is 0. The summed E-state index contributed by atoms with van der Waals surface area (Å²) in [5.74, 6) is 0. The SMILES string of the molecule is C=O.C=O.C=O.C=O.C=O.C=O.C=O.C=O.[Cl-].[Cl-].[Rh+].[Rh+]. The Morgan fingerprint density at radius 3 is 0.250 bits per heavy atom. The molecule has 0 atom stereocenters. The van der Waals surface area contributed by atoms with Crippen LogP contribution < -0.4 is 24.8 Å². The molecular weight excluding hydrogens is 501 g/mol. The van der Waals surface area contributed by atoms with Crippen molar-refractivity contribution in [2.45, 2.75) is 0 Å². The predicted octanol–water partition coefficient (Wildman–Crippen LogP) is -7.48. The fraction of sp³-hybridized carbons (Fsp3) is 0. The zero-order valence-corrected chi connectivity index (χ0v) is 15.1. The van der Waals surface area contributed by atoms with Crippen LogP contribution in [-0.2, 0) is 77.3 Å². The van der Waals surface area contributed by atoms with Crippen molar-refractivity contribution in [3.63, 3.8) is 0 Å². The van der Waals surface area contributed by atoms with Crippen LogP contribution in [0.3, 0.4) is 0 Å². The maximum Gasteiger partial charge on any atom is 1.00 e. The molecule has 0 heterocycles. The van der Waals surface area contributed by atoms with Crippen LogP contribution in [0.5, 0.6) is 0 Å². The topological polar surface area (TPSA) is 137 Å². The first-order chi connectivity index (χ1) is 8.00. The van der Waals surface area contributed by atoms with Gasteiger partial charge in [0.25, 0.3) is 0 Å². The molecule has 0 aliphatic rings. The average Bonchev–Trinajstić information content (AvgIpc) is 2.54. The summed E-state index contributed by atoms with van der Waals surface area (Å²) < 4.78 is 0. The molecule has 0 amide bonds. The zero-order chi connectivity index (χ0) is 16.0. The van der Waals surface area contributed by atoms with E-state index in [9.17, 15) is 0 Å². The van der Waals surface area contributed by atoms with E-state index in [0.717, 1.165) is 0 Å². The summed E-state index contributed by atoms with van der Waals surface area (Å²) in [6.45, 7) is 16.0. The summed E-state index contributed by atoms with van der Waals surface area (Å²) in [7, 11) is 0. The Hall–Kier alpha value is -0.813. The smallest absolute Gasteiger partial charge is 1.00 e.